The van der Waals surface area contributed by atoms with Crippen molar-refractivity contribution in [1.82, 2.24) is 20.0 Å². The Morgan fingerprint density at radius 2 is 2.08 bits per heavy atom. The number of para-hydroxylation sites is 1. The molecular formula is C18H23N5O2S. The van der Waals surface area contributed by atoms with Gasteiger partial charge in [0.25, 0.3) is 5.91 Å². The van der Waals surface area contributed by atoms with E-state index in [0.29, 0.717) is 6.04 Å². The standard InChI is InChI=1S/C18H23N5O2S/c1-22-11-10-18(19-22)26-21-15-8-12-23(13-9-15)16-5-3-2-4-14(16)6-7-17(24)20-25/h2-7,10-11,15,21,25H,8-9,12-13H2,1H3,(H,20,24)/b7-6+. The topological polar surface area (TPSA) is 82.4 Å². The van der Waals surface area contributed by atoms with E-state index >= 15 is 0 Å². The van der Waals surface area contributed by atoms with Gasteiger partial charge in [-0.15, -0.1) is 0 Å². The van der Waals surface area contributed by atoms with Crippen LogP contribution in [0.1, 0.15) is 18.4 Å². The molecule has 0 unspecified atom stereocenters. The van der Waals surface area contributed by atoms with Gasteiger partial charge in [-0.05, 0) is 48.6 Å². The minimum Gasteiger partial charge on any atom is -0.371 e. The number of hydrogen-bond donors (Lipinski definition) is 3. The lowest BCUT2D eigenvalue weighted by Crippen LogP contribution is -2.40. The molecule has 0 aliphatic carbocycles. The highest BCUT2D eigenvalue weighted by Gasteiger charge is 2.20. The SMILES string of the molecule is Cn1ccc(SNC2CCN(c3ccccc3/C=C/C(=O)NO)CC2)n1. The molecule has 0 radical (unpaired) electrons. The molecule has 26 heavy (non-hydrogen) atoms. The van der Waals surface area contributed by atoms with E-state index in [1.54, 1.807) is 28.2 Å². The Bertz CT molecular complexity index is 768. The summed E-state index contributed by atoms with van der Waals surface area (Å²) in [7, 11) is 1.92. The predicted molar refractivity (Wildman–Crippen MR) is 103 cm³/mol. The molecule has 1 aliphatic heterocycles. The van der Waals surface area contributed by atoms with Gasteiger partial charge >= 0.3 is 0 Å². The van der Waals surface area contributed by atoms with Crippen molar-refractivity contribution >= 4 is 29.6 Å². The van der Waals surface area contributed by atoms with Gasteiger partial charge in [0.1, 0.15) is 5.03 Å². The summed E-state index contributed by atoms with van der Waals surface area (Å²) < 4.78 is 5.30. The number of rotatable bonds is 6. The van der Waals surface area contributed by atoms with Gasteiger partial charge in [-0.3, -0.25) is 19.4 Å². The Morgan fingerprint density at radius 1 is 1.31 bits per heavy atom. The molecule has 2 heterocycles. The normalized spacial score (nSPS) is 15.5. The average molecular weight is 373 g/mol. The van der Waals surface area contributed by atoms with Crippen molar-refractivity contribution < 1.29 is 10.0 Å². The lowest BCUT2D eigenvalue weighted by atomic mass is 10.0. The fraction of sp³-hybridized carbons (Fsp3) is 0.333. The number of nitrogens with one attached hydrogen (secondary N) is 2. The van der Waals surface area contributed by atoms with Gasteiger partial charge in [0.2, 0.25) is 0 Å². The highest BCUT2D eigenvalue weighted by Crippen LogP contribution is 2.26. The molecule has 0 spiro atoms. The third kappa shape index (κ3) is 4.87. The van der Waals surface area contributed by atoms with Crippen LogP contribution in [0.15, 0.2) is 47.6 Å². The molecule has 3 N–H and O–H groups in total. The smallest absolute Gasteiger partial charge is 0.267 e. The number of carbonyl (C=O) groups excluding carboxylic acids is 1. The number of anilines is 1. The fourth-order valence-electron chi connectivity index (χ4n) is 2.95. The summed E-state index contributed by atoms with van der Waals surface area (Å²) >= 11 is 1.58. The Labute approximate surface area is 157 Å². The Balaban J connectivity index is 1.56. The fourth-order valence-corrected chi connectivity index (χ4v) is 3.77. The van der Waals surface area contributed by atoms with Crippen LogP contribution in [0.3, 0.4) is 0 Å². The molecule has 7 nitrogen and oxygen atoms in total. The molecule has 0 saturated carbocycles. The van der Waals surface area contributed by atoms with Gasteiger partial charge in [-0.25, -0.2) is 5.48 Å². The van der Waals surface area contributed by atoms with Crippen LogP contribution in [0.5, 0.6) is 0 Å². The van der Waals surface area contributed by atoms with Crippen molar-refractivity contribution in [1.29, 1.82) is 0 Å². The lowest BCUT2D eigenvalue weighted by molar-refractivity contribution is -0.124. The van der Waals surface area contributed by atoms with Crippen LogP contribution < -0.4 is 15.1 Å². The number of hydroxylamine groups is 1. The first-order valence-electron chi connectivity index (χ1n) is 8.54. The molecule has 1 aromatic carbocycles. The molecule has 2 aromatic rings. The summed E-state index contributed by atoms with van der Waals surface area (Å²) in [6.07, 6.45) is 7.07. The van der Waals surface area contributed by atoms with Crippen LogP contribution in [0.2, 0.25) is 0 Å². The highest BCUT2D eigenvalue weighted by molar-refractivity contribution is 7.97. The summed E-state index contributed by atoms with van der Waals surface area (Å²) in [6, 6.07) is 10.4. The van der Waals surface area contributed by atoms with E-state index in [0.717, 1.165) is 42.2 Å². The maximum atomic E-state index is 11.2. The Hall–Kier alpha value is -2.29. The molecule has 1 amide bonds. The predicted octanol–water partition coefficient (Wildman–Crippen LogP) is 2.20. The van der Waals surface area contributed by atoms with E-state index in [1.807, 2.05) is 37.5 Å². The van der Waals surface area contributed by atoms with E-state index in [1.165, 1.54) is 6.08 Å². The first kappa shape index (κ1) is 18.5. The van der Waals surface area contributed by atoms with Crippen LogP contribution >= 0.6 is 11.9 Å². The van der Waals surface area contributed by atoms with Crippen molar-refractivity contribution in [2.45, 2.75) is 23.9 Å². The van der Waals surface area contributed by atoms with Crippen LogP contribution in [-0.2, 0) is 11.8 Å². The van der Waals surface area contributed by atoms with Gasteiger partial charge in [0.05, 0.1) is 0 Å². The van der Waals surface area contributed by atoms with Crippen LogP contribution in [-0.4, -0.2) is 40.0 Å². The number of benzene rings is 1. The summed E-state index contributed by atoms with van der Waals surface area (Å²) in [6.45, 7) is 1.88. The Kier molecular flexibility index (Phi) is 6.32. The first-order valence-corrected chi connectivity index (χ1v) is 9.35. The van der Waals surface area contributed by atoms with E-state index in [4.69, 9.17) is 5.21 Å². The number of carbonyl (C=O) groups is 1. The molecule has 0 atom stereocenters. The van der Waals surface area contributed by atoms with E-state index in [2.05, 4.69) is 20.8 Å². The van der Waals surface area contributed by atoms with Crippen LogP contribution in [0.25, 0.3) is 6.08 Å². The zero-order chi connectivity index (χ0) is 18.4. The molecular weight excluding hydrogens is 350 g/mol. The molecule has 8 heteroatoms. The van der Waals surface area contributed by atoms with Gasteiger partial charge in [-0.1, -0.05) is 18.2 Å². The second-order valence-electron chi connectivity index (χ2n) is 6.18. The van der Waals surface area contributed by atoms with Crippen molar-refractivity contribution in [3.05, 3.63) is 48.2 Å². The second-order valence-corrected chi connectivity index (χ2v) is 7.04. The van der Waals surface area contributed by atoms with Crippen molar-refractivity contribution in [2.75, 3.05) is 18.0 Å². The number of piperidine rings is 1. The maximum Gasteiger partial charge on any atom is 0.267 e. The average Bonchev–Trinajstić information content (AvgIpc) is 3.10. The molecule has 1 saturated heterocycles. The number of aryl methyl sites for hydroxylation is 1. The third-order valence-corrected chi connectivity index (χ3v) is 5.19. The summed E-state index contributed by atoms with van der Waals surface area (Å²) in [4.78, 5) is 13.6. The monoisotopic (exact) mass is 373 g/mol. The van der Waals surface area contributed by atoms with Crippen molar-refractivity contribution in [2.24, 2.45) is 7.05 Å². The largest absolute Gasteiger partial charge is 0.371 e. The first-order chi connectivity index (χ1) is 12.7. The summed E-state index contributed by atoms with van der Waals surface area (Å²) in [5, 5.41) is 14.0. The third-order valence-electron chi connectivity index (χ3n) is 4.32. The van der Waals surface area contributed by atoms with E-state index < -0.39 is 5.91 Å². The quantitative estimate of drug-likeness (QED) is 0.312. The summed E-state index contributed by atoms with van der Waals surface area (Å²) in [5.74, 6) is -0.533. The second kappa shape index (κ2) is 8.88. The minimum absolute atomic E-state index is 0.445. The molecule has 1 fully saturated rings. The van der Waals surface area contributed by atoms with Gasteiger partial charge in [0, 0.05) is 44.1 Å². The van der Waals surface area contributed by atoms with E-state index in [-0.39, 0.29) is 0 Å². The summed E-state index contributed by atoms with van der Waals surface area (Å²) in [5.41, 5.74) is 3.68. The zero-order valence-corrected chi connectivity index (χ0v) is 15.4. The molecule has 138 valence electrons. The van der Waals surface area contributed by atoms with Crippen LogP contribution in [0, 0.1) is 0 Å². The highest BCUT2D eigenvalue weighted by atomic mass is 32.2. The molecule has 1 aliphatic rings. The van der Waals surface area contributed by atoms with Crippen molar-refractivity contribution in [3.8, 4) is 0 Å². The molecule has 1 aromatic heterocycles. The van der Waals surface area contributed by atoms with Crippen LogP contribution in [0.4, 0.5) is 5.69 Å². The Morgan fingerprint density at radius 3 is 2.77 bits per heavy atom. The van der Waals surface area contributed by atoms with E-state index in [9.17, 15) is 4.79 Å². The lowest BCUT2D eigenvalue weighted by Gasteiger charge is -2.34. The maximum absolute atomic E-state index is 11.2. The van der Waals surface area contributed by atoms with Gasteiger partial charge in [-0.2, -0.15) is 5.10 Å². The number of aromatic nitrogens is 2. The number of amides is 1. The van der Waals surface area contributed by atoms with Gasteiger partial charge < -0.3 is 4.90 Å². The molecule has 3 rings (SSSR count). The zero-order valence-electron chi connectivity index (χ0n) is 14.6. The van der Waals surface area contributed by atoms with Gasteiger partial charge in [0.15, 0.2) is 0 Å². The number of nitrogens with zero attached hydrogens (tertiary/aromatic N) is 3. The van der Waals surface area contributed by atoms with Crippen molar-refractivity contribution in [3.63, 3.8) is 0 Å². The number of hydrogen-bond acceptors (Lipinski definition) is 6. The minimum atomic E-state index is -0.533. The molecule has 0 bridgehead atoms.